The van der Waals surface area contributed by atoms with Crippen molar-refractivity contribution < 1.29 is 27.9 Å². The number of carbonyl (C=O) groups is 2. The number of carbonyl (C=O) groups excluding carboxylic acids is 1. The number of nitrogens with one attached hydrogen (secondary N) is 2. The summed E-state index contributed by atoms with van der Waals surface area (Å²) in [6.07, 6.45) is 2.44. The highest BCUT2D eigenvalue weighted by Crippen LogP contribution is 2.15. The Morgan fingerprint density at radius 3 is 2.68 bits per heavy atom. The molecule has 3 N–H and O–H groups in total. The van der Waals surface area contributed by atoms with Gasteiger partial charge < -0.3 is 9.84 Å². The predicted molar refractivity (Wildman–Crippen MR) is 75.8 cm³/mol. The quantitative estimate of drug-likeness (QED) is 0.559. The molecule has 0 saturated carbocycles. The molecule has 10 heteroatoms. The highest BCUT2D eigenvalue weighted by Gasteiger charge is 2.30. The molecule has 1 atom stereocenters. The van der Waals surface area contributed by atoms with Gasteiger partial charge in [0.1, 0.15) is 11.6 Å². The van der Waals surface area contributed by atoms with Gasteiger partial charge in [0, 0.05) is 0 Å². The van der Waals surface area contributed by atoms with Crippen LogP contribution < -0.4 is 4.72 Å². The molecule has 0 fully saturated rings. The summed E-state index contributed by atoms with van der Waals surface area (Å²) in [5.74, 6) is -2.13. The number of hydrogen-bond acceptors (Lipinski definition) is 6. The van der Waals surface area contributed by atoms with Crippen molar-refractivity contribution in [1.29, 1.82) is 0 Å². The number of unbranched alkanes of at least 4 members (excludes halogenated alkanes) is 1. The lowest BCUT2D eigenvalue weighted by atomic mass is 10.1. The van der Waals surface area contributed by atoms with Crippen LogP contribution in [0.4, 0.5) is 0 Å². The van der Waals surface area contributed by atoms with Gasteiger partial charge in [0.05, 0.1) is 12.8 Å². The number of aliphatic carboxylic acids is 1. The minimum absolute atomic E-state index is 0.0746. The molecular formula is C12H19N3O6S. The first-order valence-electron chi connectivity index (χ1n) is 6.79. The molecule has 0 amide bonds. The number of ether oxygens (including phenoxy) is 1. The number of sulfonamides is 1. The second kappa shape index (κ2) is 7.90. The Morgan fingerprint density at radius 1 is 1.45 bits per heavy atom. The maximum absolute atomic E-state index is 12.2. The molecule has 124 valence electrons. The van der Waals surface area contributed by atoms with Gasteiger partial charge in [0.25, 0.3) is 10.0 Å². The van der Waals surface area contributed by atoms with Gasteiger partial charge >= 0.3 is 11.9 Å². The summed E-state index contributed by atoms with van der Waals surface area (Å²) in [7, 11) is -4.24. The first-order chi connectivity index (χ1) is 10.3. The molecule has 0 aliphatic heterocycles. The molecule has 0 bridgehead atoms. The molecule has 0 aliphatic rings. The van der Waals surface area contributed by atoms with E-state index in [1.807, 2.05) is 6.92 Å². The van der Waals surface area contributed by atoms with E-state index in [4.69, 9.17) is 9.84 Å². The molecule has 22 heavy (non-hydrogen) atoms. The van der Waals surface area contributed by atoms with E-state index < -0.39 is 33.0 Å². The monoisotopic (exact) mass is 333 g/mol. The average molecular weight is 333 g/mol. The lowest BCUT2D eigenvalue weighted by Gasteiger charge is -2.14. The maximum atomic E-state index is 12.2. The summed E-state index contributed by atoms with van der Waals surface area (Å²) in [4.78, 5) is 22.8. The van der Waals surface area contributed by atoms with Crippen molar-refractivity contribution in [2.45, 2.75) is 44.2 Å². The molecule has 1 aromatic rings. The van der Waals surface area contributed by atoms with Crippen LogP contribution in [-0.4, -0.2) is 48.3 Å². The number of H-pyrrole nitrogens is 1. The summed E-state index contributed by atoms with van der Waals surface area (Å²) in [6.45, 7) is 3.52. The third-order valence-electron chi connectivity index (χ3n) is 2.81. The Balaban J connectivity index is 3.01. The van der Waals surface area contributed by atoms with Gasteiger partial charge in [-0.3, -0.25) is 9.89 Å². The smallest absolute Gasteiger partial charge is 0.342 e. The van der Waals surface area contributed by atoms with E-state index in [1.54, 1.807) is 6.92 Å². The number of aromatic amines is 1. The summed E-state index contributed by atoms with van der Waals surface area (Å²) >= 11 is 0. The van der Waals surface area contributed by atoms with E-state index in [-0.39, 0.29) is 18.6 Å². The van der Waals surface area contributed by atoms with Crippen molar-refractivity contribution in [1.82, 2.24) is 14.9 Å². The van der Waals surface area contributed by atoms with Gasteiger partial charge in [-0.15, -0.1) is 0 Å². The summed E-state index contributed by atoms with van der Waals surface area (Å²) in [5.41, 5.74) is -0.269. The number of hydrogen-bond donors (Lipinski definition) is 3. The first kappa shape index (κ1) is 18.1. The zero-order valence-corrected chi connectivity index (χ0v) is 13.1. The van der Waals surface area contributed by atoms with Crippen LogP contribution in [0.15, 0.2) is 11.2 Å². The van der Waals surface area contributed by atoms with E-state index in [2.05, 4.69) is 14.9 Å². The van der Waals surface area contributed by atoms with Crippen LogP contribution in [0.25, 0.3) is 0 Å². The van der Waals surface area contributed by atoms with Crippen molar-refractivity contribution in [2.24, 2.45) is 0 Å². The van der Waals surface area contributed by atoms with E-state index in [0.29, 0.717) is 6.42 Å². The lowest BCUT2D eigenvalue weighted by Crippen LogP contribution is -2.41. The average Bonchev–Trinajstić information content (AvgIpc) is 2.93. The number of carboxylic acid groups (broad SMARTS) is 1. The van der Waals surface area contributed by atoms with E-state index in [1.165, 1.54) is 0 Å². The van der Waals surface area contributed by atoms with Gasteiger partial charge in [-0.25, -0.2) is 13.2 Å². The number of rotatable bonds is 9. The largest absolute Gasteiger partial charge is 0.480 e. The summed E-state index contributed by atoms with van der Waals surface area (Å²) in [5, 5.41) is 14.3. The van der Waals surface area contributed by atoms with Crippen LogP contribution in [0.1, 0.15) is 43.5 Å². The minimum atomic E-state index is -4.24. The number of esters is 1. The standard InChI is InChI=1S/C12H19N3O6S/c1-3-5-6-9(11(16)17)15-22(19,20)10-8(7-13-14-10)12(18)21-4-2/h7,9,15H,3-6H2,1-2H3,(H,13,14)(H,16,17)/t9-/m0/s1. The fourth-order valence-corrected chi connectivity index (χ4v) is 3.03. The van der Waals surface area contributed by atoms with Crippen LogP contribution in [0.2, 0.25) is 0 Å². The van der Waals surface area contributed by atoms with Crippen LogP contribution in [0.3, 0.4) is 0 Å². The van der Waals surface area contributed by atoms with Gasteiger partial charge in [-0.1, -0.05) is 19.8 Å². The SMILES string of the molecule is CCCC[C@H](NS(=O)(=O)c1[nH]ncc1C(=O)OCC)C(=O)O. The third kappa shape index (κ3) is 4.53. The highest BCUT2D eigenvalue weighted by molar-refractivity contribution is 7.89. The predicted octanol–water partition coefficient (Wildman–Crippen LogP) is 0.508. The highest BCUT2D eigenvalue weighted by atomic mass is 32.2. The third-order valence-corrected chi connectivity index (χ3v) is 4.25. The fourth-order valence-electron chi connectivity index (χ4n) is 1.72. The van der Waals surface area contributed by atoms with Crippen LogP contribution in [-0.2, 0) is 19.6 Å². The van der Waals surface area contributed by atoms with E-state index >= 15 is 0 Å². The van der Waals surface area contributed by atoms with Crippen LogP contribution in [0, 0.1) is 0 Å². The van der Waals surface area contributed by atoms with E-state index in [9.17, 15) is 18.0 Å². The van der Waals surface area contributed by atoms with Crippen molar-refractivity contribution in [3.63, 3.8) is 0 Å². The zero-order chi connectivity index (χ0) is 16.8. The van der Waals surface area contributed by atoms with Gasteiger partial charge in [0.2, 0.25) is 0 Å². The normalized spacial score (nSPS) is 12.8. The number of nitrogens with zero attached hydrogens (tertiary/aromatic N) is 1. The maximum Gasteiger partial charge on any atom is 0.342 e. The van der Waals surface area contributed by atoms with Crippen molar-refractivity contribution in [3.8, 4) is 0 Å². The Kier molecular flexibility index (Phi) is 6.50. The van der Waals surface area contributed by atoms with Gasteiger partial charge in [-0.05, 0) is 13.3 Å². The van der Waals surface area contributed by atoms with Crippen molar-refractivity contribution in [3.05, 3.63) is 11.8 Å². The number of carboxylic acids is 1. The Morgan fingerprint density at radius 2 is 2.14 bits per heavy atom. The first-order valence-corrected chi connectivity index (χ1v) is 8.27. The van der Waals surface area contributed by atoms with Crippen LogP contribution in [0.5, 0.6) is 0 Å². The minimum Gasteiger partial charge on any atom is -0.480 e. The molecule has 0 aliphatic carbocycles. The molecule has 0 radical (unpaired) electrons. The Hall–Kier alpha value is -1.94. The molecular weight excluding hydrogens is 314 g/mol. The topological polar surface area (TPSA) is 138 Å². The van der Waals surface area contributed by atoms with E-state index in [0.717, 1.165) is 12.6 Å². The molecule has 0 saturated heterocycles. The van der Waals surface area contributed by atoms with Crippen molar-refractivity contribution in [2.75, 3.05) is 6.61 Å². The molecule has 0 unspecified atom stereocenters. The Bertz CT molecular complexity index is 625. The summed E-state index contributed by atoms with van der Waals surface area (Å²) < 4.78 is 31.3. The van der Waals surface area contributed by atoms with Crippen molar-refractivity contribution >= 4 is 22.0 Å². The molecule has 1 rings (SSSR count). The Labute approximate surface area is 128 Å². The second-order valence-electron chi connectivity index (χ2n) is 4.49. The molecule has 1 heterocycles. The van der Waals surface area contributed by atoms with Gasteiger partial charge in [-0.2, -0.15) is 9.82 Å². The molecule has 9 nitrogen and oxygen atoms in total. The summed E-state index contributed by atoms with van der Waals surface area (Å²) in [6, 6.07) is -1.27. The molecule has 0 spiro atoms. The zero-order valence-electron chi connectivity index (χ0n) is 12.3. The lowest BCUT2D eigenvalue weighted by molar-refractivity contribution is -0.139. The molecule has 0 aromatic carbocycles. The van der Waals surface area contributed by atoms with Gasteiger partial charge in [0.15, 0.2) is 5.03 Å². The van der Waals surface area contributed by atoms with Crippen LogP contribution >= 0.6 is 0 Å². The second-order valence-corrected chi connectivity index (χ2v) is 6.14. The number of aromatic nitrogens is 2. The fraction of sp³-hybridized carbons (Fsp3) is 0.583. The molecule has 1 aromatic heterocycles.